The molecule has 4 N–H and O–H groups in total. The van der Waals surface area contributed by atoms with E-state index in [1.54, 1.807) is 0 Å². The Hall–Kier alpha value is -1.67. The number of nitrogens with zero attached hydrogens (tertiary/aromatic N) is 4. The lowest BCUT2D eigenvalue weighted by atomic mass is 10.4. The van der Waals surface area contributed by atoms with Crippen molar-refractivity contribution in [3.8, 4) is 6.01 Å². The van der Waals surface area contributed by atoms with E-state index in [9.17, 15) is 0 Å². The number of rotatable bonds is 8. The molecule has 0 saturated heterocycles. The molecular weight excluding hydrogens is 246 g/mol. The average Bonchev–Trinajstić information content (AvgIpc) is 3.27. The van der Waals surface area contributed by atoms with Crippen LogP contribution in [0.15, 0.2) is 0 Å². The second-order valence-electron chi connectivity index (χ2n) is 4.40. The molecule has 1 aromatic rings. The van der Waals surface area contributed by atoms with Gasteiger partial charge < -0.3 is 10.1 Å². The number of hydrazine groups is 1. The average molecular weight is 267 g/mol. The molecule has 1 fully saturated rings. The van der Waals surface area contributed by atoms with E-state index in [1.165, 1.54) is 20.0 Å². The van der Waals surface area contributed by atoms with Crippen LogP contribution in [0.4, 0.5) is 11.9 Å². The molecule has 8 nitrogen and oxygen atoms in total. The molecule has 0 unspecified atom stereocenters. The summed E-state index contributed by atoms with van der Waals surface area (Å²) in [4.78, 5) is 14.6. The topological polar surface area (TPSA) is 101 Å². The summed E-state index contributed by atoms with van der Waals surface area (Å²) in [7, 11) is 1.51. The zero-order chi connectivity index (χ0) is 13.7. The fraction of sp³-hybridized carbons (Fsp3) is 0.727. The highest BCUT2D eigenvalue weighted by Gasteiger charge is 2.27. The van der Waals surface area contributed by atoms with Crippen molar-refractivity contribution < 1.29 is 4.74 Å². The fourth-order valence-corrected chi connectivity index (χ4v) is 1.94. The van der Waals surface area contributed by atoms with Crippen LogP contribution in [0.5, 0.6) is 6.01 Å². The summed E-state index contributed by atoms with van der Waals surface area (Å²) < 4.78 is 4.99. The Bertz CT molecular complexity index is 388. The Kier molecular flexibility index (Phi) is 4.69. The smallest absolute Gasteiger partial charge is 0.322 e. The normalized spacial score (nSPS) is 14.5. The minimum Gasteiger partial charge on any atom is -0.467 e. The number of hydrogen-bond acceptors (Lipinski definition) is 8. The maximum Gasteiger partial charge on any atom is 0.322 e. The second-order valence-corrected chi connectivity index (χ2v) is 4.40. The van der Waals surface area contributed by atoms with Gasteiger partial charge in [-0.2, -0.15) is 15.0 Å². The Morgan fingerprint density at radius 1 is 1.32 bits per heavy atom. The summed E-state index contributed by atoms with van der Waals surface area (Å²) in [6.45, 7) is 5.01. The zero-order valence-corrected chi connectivity index (χ0v) is 11.4. The van der Waals surface area contributed by atoms with E-state index in [-0.39, 0.29) is 12.0 Å². The van der Waals surface area contributed by atoms with Crippen molar-refractivity contribution in [2.24, 2.45) is 5.84 Å². The summed E-state index contributed by atoms with van der Waals surface area (Å²) in [5.74, 6) is 6.04. The standard InChI is InChI=1S/C11H21N7O/c1-3-18(8-4-5-8)7-6-13-9-14-10(17-12)16-11(15-9)19-2/h8H,3-7,12H2,1-2H3,(H2,13,14,15,16,17). The van der Waals surface area contributed by atoms with Crippen molar-refractivity contribution in [1.29, 1.82) is 0 Å². The Labute approximate surface area is 112 Å². The van der Waals surface area contributed by atoms with Crippen LogP contribution < -0.4 is 21.3 Å². The highest BCUT2D eigenvalue weighted by molar-refractivity contribution is 5.34. The van der Waals surface area contributed by atoms with E-state index in [0.717, 1.165) is 25.7 Å². The van der Waals surface area contributed by atoms with Gasteiger partial charge in [-0.05, 0) is 19.4 Å². The molecule has 1 heterocycles. The molecule has 0 aliphatic heterocycles. The summed E-state index contributed by atoms with van der Waals surface area (Å²) in [6, 6.07) is 1.00. The lowest BCUT2D eigenvalue weighted by Crippen LogP contribution is -2.31. The number of methoxy groups -OCH3 is 1. The van der Waals surface area contributed by atoms with Crippen LogP contribution in [-0.4, -0.2) is 52.6 Å². The lowest BCUT2D eigenvalue weighted by molar-refractivity contribution is 0.288. The molecule has 0 radical (unpaired) electrons. The van der Waals surface area contributed by atoms with Crippen molar-refractivity contribution >= 4 is 11.9 Å². The molecule has 0 spiro atoms. The van der Waals surface area contributed by atoms with Crippen molar-refractivity contribution in [3.05, 3.63) is 0 Å². The third-order valence-corrected chi connectivity index (χ3v) is 3.08. The van der Waals surface area contributed by atoms with Gasteiger partial charge in [-0.25, -0.2) is 5.84 Å². The number of nitrogens with one attached hydrogen (secondary N) is 2. The summed E-state index contributed by atoms with van der Waals surface area (Å²) in [5.41, 5.74) is 2.39. The summed E-state index contributed by atoms with van der Waals surface area (Å²) in [5, 5.41) is 3.16. The van der Waals surface area contributed by atoms with Gasteiger partial charge in [0.2, 0.25) is 11.9 Å². The highest BCUT2D eigenvalue weighted by Crippen LogP contribution is 2.25. The number of aromatic nitrogens is 3. The van der Waals surface area contributed by atoms with Gasteiger partial charge in [0.25, 0.3) is 0 Å². The van der Waals surface area contributed by atoms with E-state index in [2.05, 4.69) is 37.5 Å². The first kappa shape index (κ1) is 13.8. The molecule has 1 aliphatic rings. The number of nitrogen functional groups attached to an aromatic ring is 1. The first-order valence-electron chi connectivity index (χ1n) is 6.51. The number of likely N-dealkylation sites (N-methyl/N-ethyl adjacent to an activating group) is 1. The van der Waals surface area contributed by atoms with Crippen molar-refractivity contribution in [1.82, 2.24) is 19.9 Å². The number of anilines is 2. The quantitative estimate of drug-likeness (QED) is 0.449. The molecule has 0 atom stereocenters. The summed E-state index contributed by atoms with van der Waals surface area (Å²) in [6.07, 6.45) is 2.63. The fourth-order valence-electron chi connectivity index (χ4n) is 1.94. The van der Waals surface area contributed by atoms with Gasteiger partial charge in [0.05, 0.1) is 7.11 Å². The van der Waals surface area contributed by atoms with E-state index < -0.39 is 0 Å². The Morgan fingerprint density at radius 2 is 2.05 bits per heavy atom. The van der Waals surface area contributed by atoms with Crippen LogP contribution in [-0.2, 0) is 0 Å². The molecular formula is C11H21N7O. The minimum atomic E-state index is 0.236. The van der Waals surface area contributed by atoms with Crippen LogP contribution in [0.3, 0.4) is 0 Å². The SMILES string of the molecule is CCN(CCNc1nc(NN)nc(OC)n1)C1CC1. The lowest BCUT2D eigenvalue weighted by Gasteiger charge is -2.19. The largest absolute Gasteiger partial charge is 0.467 e. The second kappa shape index (κ2) is 6.48. The van der Waals surface area contributed by atoms with Gasteiger partial charge >= 0.3 is 6.01 Å². The van der Waals surface area contributed by atoms with Gasteiger partial charge in [-0.15, -0.1) is 0 Å². The molecule has 0 aromatic carbocycles. The monoisotopic (exact) mass is 267 g/mol. The van der Waals surface area contributed by atoms with Crippen LogP contribution >= 0.6 is 0 Å². The Morgan fingerprint density at radius 3 is 2.63 bits per heavy atom. The molecule has 1 aliphatic carbocycles. The molecule has 8 heteroatoms. The first-order chi connectivity index (χ1) is 9.26. The Balaban J connectivity index is 1.87. The van der Waals surface area contributed by atoms with E-state index in [1.807, 2.05) is 0 Å². The molecule has 0 amide bonds. The van der Waals surface area contributed by atoms with Crippen molar-refractivity contribution in [2.45, 2.75) is 25.8 Å². The molecule has 1 aromatic heterocycles. The van der Waals surface area contributed by atoms with Gasteiger partial charge in [0.15, 0.2) is 0 Å². The van der Waals surface area contributed by atoms with Gasteiger partial charge in [-0.1, -0.05) is 6.92 Å². The molecule has 1 saturated carbocycles. The summed E-state index contributed by atoms with van der Waals surface area (Å²) >= 11 is 0. The van der Waals surface area contributed by atoms with E-state index in [4.69, 9.17) is 10.6 Å². The molecule has 0 bridgehead atoms. The molecule has 19 heavy (non-hydrogen) atoms. The van der Waals surface area contributed by atoms with Crippen LogP contribution in [0.2, 0.25) is 0 Å². The van der Waals surface area contributed by atoms with Gasteiger partial charge in [-0.3, -0.25) is 10.3 Å². The van der Waals surface area contributed by atoms with Gasteiger partial charge in [0.1, 0.15) is 0 Å². The minimum absolute atomic E-state index is 0.236. The third kappa shape index (κ3) is 3.90. The van der Waals surface area contributed by atoms with Crippen LogP contribution in [0.25, 0.3) is 0 Å². The molecule has 2 rings (SSSR count). The third-order valence-electron chi connectivity index (χ3n) is 3.08. The zero-order valence-electron chi connectivity index (χ0n) is 11.4. The highest BCUT2D eigenvalue weighted by atomic mass is 16.5. The predicted molar refractivity (Wildman–Crippen MR) is 72.9 cm³/mol. The van der Waals surface area contributed by atoms with E-state index >= 15 is 0 Å². The van der Waals surface area contributed by atoms with Crippen molar-refractivity contribution in [2.75, 3.05) is 37.5 Å². The predicted octanol–water partition coefficient (Wildman–Crippen LogP) is 0.0620. The first-order valence-corrected chi connectivity index (χ1v) is 6.51. The number of ether oxygens (including phenoxy) is 1. The molecule has 106 valence electrons. The number of nitrogens with two attached hydrogens (primary N) is 1. The van der Waals surface area contributed by atoms with E-state index in [0.29, 0.717) is 5.95 Å². The van der Waals surface area contributed by atoms with Gasteiger partial charge in [0, 0.05) is 19.1 Å². The maximum atomic E-state index is 5.29. The van der Waals surface area contributed by atoms with Crippen LogP contribution in [0, 0.1) is 0 Å². The maximum absolute atomic E-state index is 5.29. The number of hydrogen-bond donors (Lipinski definition) is 3. The van der Waals surface area contributed by atoms with Crippen molar-refractivity contribution in [3.63, 3.8) is 0 Å². The van der Waals surface area contributed by atoms with Crippen LogP contribution in [0.1, 0.15) is 19.8 Å².